The van der Waals surface area contributed by atoms with Crippen molar-refractivity contribution in [2.45, 2.75) is 62.5 Å². The van der Waals surface area contributed by atoms with Crippen molar-refractivity contribution in [2.24, 2.45) is 9.50 Å². The van der Waals surface area contributed by atoms with Gasteiger partial charge in [0, 0.05) is 19.2 Å². The molecule has 2 heterocycles. The number of nitrogens with zero attached hydrogens (tertiary/aromatic N) is 3. The quantitative estimate of drug-likeness (QED) is 0.752. The van der Waals surface area contributed by atoms with Gasteiger partial charge in [0.15, 0.2) is 9.92 Å². The van der Waals surface area contributed by atoms with E-state index in [1.807, 2.05) is 0 Å². The molecule has 2 aliphatic carbocycles. The van der Waals surface area contributed by atoms with Crippen LogP contribution in [0.1, 0.15) is 41.5 Å². The predicted molar refractivity (Wildman–Crippen MR) is 116 cm³/mol. The Bertz CT molecular complexity index is 1130. The summed E-state index contributed by atoms with van der Waals surface area (Å²) in [6.07, 6.45) is 8.05. The van der Waals surface area contributed by atoms with Crippen LogP contribution in [0.4, 0.5) is 10.5 Å². The van der Waals surface area contributed by atoms with Gasteiger partial charge < -0.3 is 14.8 Å². The SMILES string of the molecule is CO[C@H]1CCOc2c([S@@](N)(=O)=NC(=O)Nc3c4c(cc5c3CCC5)CCC4)cnn2C1. The molecule has 0 saturated carbocycles. The van der Waals surface area contributed by atoms with Gasteiger partial charge in [-0.05, 0) is 60.8 Å². The Balaban J connectivity index is 1.45. The summed E-state index contributed by atoms with van der Waals surface area (Å²) in [5.74, 6) is 0.282. The molecular weight excluding hydrogens is 418 g/mol. The fourth-order valence-electron chi connectivity index (χ4n) is 4.87. The summed E-state index contributed by atoms with van der Waals surface area (Å²) in [5.41, 5.74) is 5.81. The minimum absolute atomic E-state index is 0.0645. The molecule has 1 aliphatic heterocycles. The molecule has 0 unspecified atom stereocenters. The predicted octanol–water partition coefficient (Wildman–Crippen LogP) is 2.59. The number of hydrogen-bond donors (Lipinski definition) is 2. The Morgan fingerprint density at radius 1 is 1.29 bits per heavy atom. The number of nitrogens with one attached hydrogen (secondary N) is 1. The summed E-state index contributed by atoms with van der Waals surface area (Å²) < 4.78 is 29.8. The molecule has 10 heteroatoms. The smallest absolute Gasteiger partial charge is 0.354 e. The molecule has 0 saturated heterocycles. The summed E-state index contributed by atoms with van der Waals surface area (Å²) in [4.78, 5) is 13.0. The highest BCUT2D eigenvalue weighted by molar-refractivity contribution is 7.91. The van der Waals surface area contributed by atoms with Gasteiger partial charge in [0.25, 0.3) is 0 Å². The van der Waals surface area contributed by atoms with Gasteiger partial charge in [-0.25, -0.2) is 18.8 Å². The number of benzene rings is 1. The van der Waals surface area contributed by atoms with Gasteiger partial charge in [-0.1, -0.05) is 6.07 Å². The third-order valence-corrected chi connectivity index (χ3v) is 7.73. The lowest BCUT2D eigenvalue weighted by atomic mass is 9.99. The van der Waals surface area contributed by atoms with Gasteiger partial charge in [-0.15, -0.1) is 4.36 Å². The van der Waals surface area contributed by atoms with E-state index >= 15 is 0 Å². The maximum atomic E-state index is 13.2. The zero-order chi connectivity index (χ0) is 21.6. The van der Waals surface area contributed by atoms with Crippen LogP contribution in [0, 0.1) is 0 Å². The van der Waals surface area contributed by atoms with E-state index in [0.29, 0.717) is 19.6 Å². The van der Waals surface area contributed by atoms with Crippen LogP contribution in [-0.4, -0.2) is 39.8 Å². The first-order valence-electron chi connectivity index (χ1n) is 10.7. The number of anilines is 1. The molecule has 3 N–H and O–H groups in total. The van der Waals surface area contributed by atoms with Crippen LogP contribution in [0.5, 0.6) is 5.88 Å². The number of fused-ring (bicyclic) bond motifs is 3. The number of methoxy groups -OCH3 is 1. The van der Waals surface area contributed by atoms with E-state index in [-0.39, 0.29) is 16.9 Å². The molecule has 1 aromatic carbocycles. The number of ether oxygens (including phenoxy) is 2. The van der Waals surface area contributed by atoms with E-state index in [2.05, 4.69) is 20.8 Å². The monoisotopic (exact) mass is 445 g/mol. The number of aryl methyl sites for hydroxylation is 2. The van der Waals surface area contributed by atoms with E-state index < -0.39 is 15.9 Å². The summed E-state index contributed by atoms with van der Waals surface area (Å²) in [6.45, 7) is 0.830. The Morgan fingerprint density at radius 3 is 2.68 bits per heavy atom. The average Bonchev–Trinajstić information content (AvgIpc) is 3.44. The average molecular weight is 446 g/mol. The zero-order valence-electron chi connectivity index (χ0n) is 17.6. The Hall–Kier alpha value is -2.43. The van der Waals surface area contributed by atoms with Crippen molar-refractivity contribution in [2.75, 3.05) is 19.0 Å². The lowest BCUT2D eigenvalue weighted by Gasteiger charge is -2.15. The number of nitrogens with two attached hydrogens (primary N) is 1. The lowest BCUT2D eigenvalue weighted by Crippen LogP contribution is -2.19. The first kappa shape index (κ1) is 20.5. The highest BCUT2D eigenvalue weighted by Crippen LogP contribution is 2.38. The molecule has 0 bridgehead atoms. The van der Waals surface area contributed by atoms with E-state index in [4.69, 9.17) is 14.6 Å². The number of rotatable bonds is 3. The van der Waals surface area contributed by atoms with Gasteiger partial charge in [0.2, 0.25) is 5.88 Å². The Morgan fingerprint density at radius 2 is 2.00 bits per heavy atom. The maximum absolute atomic E-state index is 13.2. The number of carbonyl (C=O) groups excluding carboxylic acids is 1. The summed E-state index contributed by atoms with van der Waals surface area (Å²) in [6, 6.07) is 1.58. The van der Waals surface area contributed by atoms with Crippen molar-refractivity contribution >= 4 is 21.6 Å². The first-order valence-corrected chi connectivity index (χ1v) is 12.3. The van der Waals surface area contributed by atoms with Gasteiger partial charge >= 0.3 is 6.03 Å². The molecule has 2 atom stereocenters. The second kappa shape index (κ2) is 7.92. The van der Waals surface area contributed by atoms with Crippen molar-refractivity contribution in [1.29, 1.82) is 0 Å². The Labute approximate surface area is 181 Å². The van der Waals surface area contributed by atoms with Crippen LogP contribution in [0.3, 0.4) is 0 Å². The molecule has 5 rings (SSSR count). The minimum Gasteiger partial charge on any atom is -0.477 e. The third kappa shape index (κ3) is 3.72. The van der Waals surface area contributed by atoms with Crippen molar-refractivity contribution in [3.05, 3.63) is 34.5 Å². The molecule has 2 aromatic rings. The standard InChI is InChI=1S/C21H27N5O4S/c1-29-15-8-9-30-20-18(11-23-26(20)12-15)31(22,28)25-21(27)24-19-16-6-2-4-13(16)10-14-5-3-7-17(14)19/h10-11,15H,2-9,12H2,1H3,(H3,22,24,25,27,28)/t15-,31-/m0/s1. The molecule has 1 aromatic heterocycles. The van der Waals surface area contributed by atoms with Gasteiger partial charge in [0.05, 0.1) is 25.5 Å². The summed E-state index contributed by atoms with van der Waals surface area (Å²) in [5, 5.41) is 13.2. The highest BCUT2D eigenvalue weighted by Gasteiger charge is 2.28. The maximum Gasteiger partial charge on any atom is 0.354 e. The summed E-state index contributed by atoms with van der Waals surface area (Å²) in [7, 11) is -1.90. The number of urea groups is 1. The fraction of sp³-hybridized carbons (Fsp3) is 0.524. The molecule has 0 fully saturated rings. The Kier molecular flexibility index (Phi) is 5.23. The van der Waals surface area contributed by atoms with Crippen molar-refractivity contribution in [3.63, 3.8) is 0 Å². The topological polar surface area (TPSA) is 121 Å². The van der Waals surface area contributed by atoms with E-state index in [9.17, 15) is 9.00 Å². The second-order valence-corrected chi connectivity index (χ2v) is 10.1. The van der Waals surface area contributed by atoms with Crippen LogP contribution in [0.25, 0.3) is 0 Å². The largest absolute Gasteiger partial charge is 0.477 e. The van der Waals surface area contributed by atoms with Crippen LogP contribution in [0.2, 0.25) is 0 Å². The molecule has 0 spiro atoms. The second-order valence-electron chi connectivity index (χ2n) is 8.32. The van der Waals surface area contributed by atoms with Crippen LogP contribution < -0.4 is 15.2 Å². The number of hydrogen-bond acceptors (Lipinski definition) is 5. The number of aromatic nitrogens is 2. The molecule has 3 aliphatic rings. The number of carbonyl (C=O) groups is 1. The molecule has 2 amide bonds. The van der Waals surface area contributed by atoms with Gasteiger partial charge in [-0.3, -0.25) is 0 Å². The van der Waals surface area contributed by atoms with E-state index in [1.165, 1.54) is 28.5 Å². The van der Waals surface area contributed by atoms with Crippen LogP contribution in [-0.2, 0) is 46.9 Å². The zero-order valence-corrected chi connectivity index (χ0v) is 18.4. The van der Waals surface area contributed by atoms with Gasteiger partial charge in [-0.2, -0.15) is 5.10 Å². The van der Waals surface area contributed by atoms with Crippen LogP contribution in [0.15, 0.2) is 21.5 Å². The molecular formula is C21H27N5O4S. The van der Waals surface area contributed by atoms with Crippen molar-refractivity contribution < 1.29 is 18.5 Å². The normalized spacial score (nSPS) is 21.3. The van der Waals surface area contributed by atoms with E-state index in [0.717, 1.165) is 44.2 Å². The molecule has 9 nitrogen and oxygen atoms in total. The summed E-state index contributed by atoms with van der Waals surface area (Å²) >= 11 is 0. The minimum atomic E-state index is -3.53. The lowest BCUT2D eigenvalue weighted by molar-refractivity contribution is 0.0775. The third-order valence-electron chi connectivity index (χ3n) is 6.39. The highest BCUT2D eigenvalue weighted by atomic mass is 32.2. The first-order chi connectivity index (χ1) is 15.0. The number of amides is 2. The van der Waals surface area contributed by atoms with Gasteiger partial charge in [0.1, 0.15) is 4.90 Å². The van der Waals surface area contributed by atoms with Crippen molar-refractivity contribution in [1.82, 2.24) is 9.78 Å². The molecule has 31 heavy (non-hydrogen) atoms. The van der Waals surface area contributed by atoms with Crippen LogP contribution >= 0.6 is 0 Å². The molecule has 0 radical (unpaired) electrons. The van der Waals surface area contributed by atoms with Crippen molar-refractivity contribution in [3.8, 4) is 5.88 Å². The molecule has 166 valence electrons. The van der Waals surface area contributed by atoms with E-state index in [1.54, 1.807) is 11.8 Å². The fourth-order valence-corrected chi connectivity index (χ4v) is 5.87.